The molecule has 0 fully saturated rings. The third kappa shape index (κ3) is 11.1. The summed E-state index contributed by atoms with van der Waals surface area (Å²) in [5, 5.41) is 0. The number of hydrogen-bond acceptors (Lipinski definition) is 5. The summed E-state index contributed by atoms with van der Waals surface area (Å²) >= 11 is 8.29. The Morgan fingerprint density at radius 2 is 1.12 bits per heavy atom. The summed E-state index contributed by atoms with van der Waals surface area (Å²) in [5.41, 5.74) is 2.73. The van der Waals surface area contributed by atoms with Gasteiger partial charge in [-0.25, -0.2) is 0 Å². The molecule has 0 radical (unpaired) electrons. The highest BCUT2D eigenvalue weighted by molar-refractivity contribution is 8.03. The Morgan fingerprint density at radius 1 is 0.667 bits per heavy atom. The van der Waals surface area contributed by atoms with E-state index in [9.17, 15) is 0 Å². The second-order valence-electron chi connectivity index (χ2n) is 5.44. The van der Waals surface area contributed by atoms with Crippen molar-refractivity contribution in [1.82, 2.24) is 0 Å². The van der Waals surface area contributed by atoms with Gasteiger partial charge in [0, 0.05) is 53.3 Å². The number of thioether (sulfide) groups is 4. The summed E-state index contributed by atoms with van der Waals surface area (Å²) in [6.07, 6.45) is 0. The zero-order valence-electron chi connectivity index (χ0n) is 15.5. The van der Waals surface area contributed by atoms with Crippen LogP contribution in [0.2, 0.25) is 0 Å². The van der Waals surface area contributed by atoms with E-state index in [0.29, 0.717) is 0 Å². The molecule has 0 heterocycles. The SMILES string of the molecule is CCSCCSCCN(CCSCCSCC)c1ccc(C)cc1. The van der Waals surface area contributed by atoms with Gasteiger partial charge < -0.3 is 4.90 Å². The lowest BCUT2D eigenvalue weighted by Gasteiger charge is -2.25. The lowest BCUT2D eigenvalue weighted by Crippen LogP contribution is -2.28. The smallest absolute Gasteiger partial charge is 0.0366 e. The summed E-state index contributed by atoms with van der Waals surface area (Å²) in [7, 11) is 0. The molecule has 138 valence electrons. The highest BCUT2D eigenvalue weighted by Crippen LogP contribution is 2.17. The molecule has 1 aromatic rings. The maximum atomic E-state index is 2.57. The molecule has 1 rings (SSSR count). The molecular formula is C19H33NS4. The van der Waals surface area contributed by atoms with E-state index < -0.39 is 0 Å². The van der Waals surface area contributed by atoms with Crippen LogP contribution in [-0.4, -0.2) is 59.1 Å². The van der Waals surface area contributed by atoms with Crippen molar-refractivity contribution in [3.05, 3.63) is 29.8 Å². The first-order chi connectivity index (χ1) is 11.8. The zero-order valence-corrected chi connectivity index (χ0v) is 18.7. The van der Waals surface area contributed by atoms with Crippen LogP contribution in [0.1, 0.15) is 19.4 Å². The minimum atomic E-state index is 1.16. The van der Waals surface area contributed by atoms with Crippen molar-refractivity contribution in [2.24, 2.45) is 0 Å². The molecule has 1 aromatic carbocycles. The number of anilines is 1. The average molecular weight is 404 g/mol. The summed E-state index contributed by atoms with van der Waals surface area (Å²) < 4.78 is 0. The minimum absolute atomic E-state index is 1.16. The lowest BCUT2D eigenvalue weighted by atomic mass is 10.2. The molecule has 0 aromatic heterocycles. The predicted octanol–water partition coefficient (Wildman–Crippen LogP) is 5.77. The first-order valence-electron chi connectivity index (χ1n) is 8.90. The monoisotopic (exact) mass is 403 g/mol. The van der Waals surface area contributed by atoms with Crippen molar-refractivity contribution in [1.29, 1.82) is 0 Å². The maximum absolute atomic E-state index is 2.57. The van der Waals surface area contributed by atoms with Crippen LogP contribution in [0.5, 0.6) is 0 Å². The van der Waals surface area contributed by atoms with Crippen molar-refractivity contribution in [3.63, 3.8) is 0 Å². The molecule has 5 heteroatoms. The van der Waals surface area contributed by atoms with Crippen LogP contribution in [0.3, 0.4) is 0 Å². The normalized spacial score (nSPS) is 11.0. The van der Waals surface area contributed by atoms with E-state index in [2.05, 4.69) is 73.5 Å². The molecule has 0 aliphatic carbocycles. The molecule has 1 nitrogen and oxygen atoms in total. The summed E-state index contributed by atoms with van der Waals surface area (Å²) in [4.78, 5) is 2.57. The Hall–Kier alpha value is 0.420. The van der Waals surface area contributed by atoms with E-state index in [4.69, 9.17) is 0 Å². The first-order valence-corrected chi connectivity index (χ1v) is 13.5. The van der Waals surface area contributed by atoms with Crippen LogP contribution in [0.4, 0.5) is 5.69 Å². The Labute approximate surface area is 166 Å². The van der Waals surface area contributed by atoms with Gasteiger partial charge in [-0.2, -0.15) is 47.0 Å². The Morgan fingerprint density at radius 3 is 1.58 bits per heavy atom. The van der Waals surface area contributed by atoms with Gasteiger partial charge in [-0.15, -0.1) is 0 Å². The fourth-order valence-electron chi connectivity index (χ4n) is 2.20. The van der Waals surface area contributed by atoms with Gasteiger partial charge in [0.2, 0.25) is 0 Å². The molecule has 0 atom stereocenters. The van der Waals surface area contributed by atoms with Gasteiger partial charge in [-0.05, 0) is 30.6 Å². The molecule has 0 aliphatic heterocycles. The van der Waals surface area contributed by atoms with E-state index in [0.717, 1.165) is 13.1 Å². The lowest BCUT2D eigenvalue weighted by molar-refractivity contribution is 0.878. The van der Waals surface area contributed by atoms with Gasteiger partial charge in [0.05, 0.1) is 0 Å². The zero-order chi connectivity index (χ0) is 17.5. The molecule has 0 amide bonds. The topological polar surface area (TPSA) is 3.24 Å². The van der Waals surface area contributed by atoms with Crippen molar-refractivity contribution in [2.45, 2.75) is 20.8 Å². The third-order valence-electron chi connectivity index (χ3n) is 3.56. The van der Waals surface area contributed by atoms with Gasteiger partial charge in [0.15, 0.2) is 0 Å². The quantitative estimate of drug-likeness (QED) is 0.341. The molecule has 0 aliphatic rings. The molecule has 0 saturated heterocycles. The first kappa shape index (κ1) is 22.5. The highest BCUT2D eigenvalue weighted by Gasteiger charge is 2.06. The van der Waals surface area contributed by atoms with E-state index in [1.807, 2.05) is 23.5 Å². The maximum Gasteiger partial charge on any atom is 0.0366 e. The van der Waals surface area contributed by atoms with Crippen LogP contribution >= 0.6 is 47.0 Å². The van der Waals surface area contributed by atoms with E-state index in [-0.39, 0.29) is 0 Å². The molecule has 0 spiro atoms. The van der Waals surface area contributed by atoms with E-state index in [1.165, 1.54) is 57.3 Å². The van der Waals surface area contributed by atoms with Gasteiger partial charge in [0.1, 0.15) is 0 Å². The van der Waals surface area contributed by atoms with E-state index in [1.54, 1.807) is 0 Å². The van der Waals surface area contributed by atoms with Crippen molar-refractivity contribution < 1.29 is 0 Å². The van der Waals surface area contributed by atoms with Crippen LogP contribution in [-0.2, 0) is 0 Å². The predicted molar refractivity (Wildman–Crippen MR) is 124 cm³/mol. The number of aryl methyl sites for hydroxylation is 1. The third-order valence-corrected chi connectivity index (χ3v) is 7.81. The highest BCUT2D eigenvalue weighted by atomic mass is 32.2. The minimum Gasteiger partial charge on any atom is -0.370 e. The second kappa shape index (κ2) is 15.7. The average Bonchev–Trinajstić information content (AvgIpc) is 2.60. The summed E-state index contributed by atoms with van der Waals surface area (Å²) in [6.45, 7) is 8.97. The van der Waals surface area contributed by atoms with Crippen LogP contribution in [0.25, 0.3) is 0 Å². The summed E-state index contributed by atoms with van der Waals surface area (Å²) in [5.74, 6) is 10.1. The van der Waals surface area contributed by atoms with Crippen molar-refractivity contribution in [3.8, 4) is 0 Å². The number of hydrogen-bond donors (Lipinski definition) is 0. The van der Waals surface area contributed by atoms with Crippen molar-refractivity contribution >= 4 is 52.7 Å². The fraction of sp³-hybridized carbons (Fsp3) is 0.684. The standard InChI is InChI=1S/C19H33NS4/c1-4-21-14-16-23-12-10-20(11-13-24-17-15-22-5-2)19-8-6-18(3)7-9-19/h6-9H,4-5,10-17H2,1-3H3. The number of benzene rings is 1. The van der Waals surface area contributed by atoms with Crippen LogP contribution < -0.4 is 4.90 Å². The van der Waals surface area contributed by atoms with Gasteiger partial charge in [-0.1, -0.05) is 31.5 Å². The van der Waals surface area contributed by atoms with Gasteiger partial charge in [-0.3, -0.25) is 0 Å². The Bertz CT molecular complexity index is 381. The van der Waals surface area contributed by atoms with E-state index >= 15 is 0 Å². The molecule has 0 saturated carbocycles. The second-order valence-corrected chi connectivity index (χ2v) is 10.7. The molecule has 0 unspecified atom stereocenters. The van der Waals surface area contributed by atoms with Gasteiger partial charge in [0.25, 0.3) is 0 Å². The largest absolute Gasteiger partial charge is 0.370 e. The fourth-order valence-corrected chi connectivity index (χ4v) is 5.77. The van der Waals surface area contributed by atoms with Crippen LogP contribution in [0.15, 0.2) is 24.3 Å². The summed E-state index contributed by atoms with van der Waals surface area (Å²) in [6, 6.07) is 9.03. The molecule has 0 bridgehead atoms. The van der Waals surface area contributed by atoms with Crippen molar-refractivity contribution in [2.75, 3.05) is 64.0 Å². The van der Waals surface area contributed by atoms with Crippen LogP contribution in [0, 0.1) is 6.92 Å². The number of nitrogens with zero attached hydrogens (tertiary/aromatic N) is 1. The number of rotatable bonds is 15. The molecule has 0 N–H and O–H groups in total. The van der Waals surface area contributed by atoms with Gasteiger partial charge >= 0.3 is 0 Å². The Kier molecular flexibility index (Phi) is 14.7. The molecule has 24 heavy (non-hydrogen) atoms. The molecular weight excluding hydrogens is 370 g/mol. The Balaban J connectivity index is 2.34.